The standard InChI is InChI=1S/C26H25F2N3O2/c1-18-6-4-8-22(24(18)29-25(32)21-7-2-3-9-23(21)28)26(33)31-15-5-14-30(16-17-31)20-12-10-19(27)11-13-20/h2-4,6-13H,5,14-17H2,1H3,(H,29,32). The Morgan fingerprint density at radius 3 is 2.30 bits per heavy atom. The van der Waals surface area contributed by atoms with Crippen LogP contribution in [0, 0.1) is 18.6 Å². The van der Waals surface area contributed by atoms with E-state index in [9.17, 15) is 18.4 Å². The SMILES string of the molecule is Cc1cccc(C(=O)N2CCCN(c3ccc(F)cc3)CC2)c1NC(=O)c1ccccc1F. The van der Waals surface area contributed by atoms with Crippen LogP contribution in [-0.4, -0.2) is 42.9 Å². The zero-order valence-corrected chi connectivity index (χ0v) is 18.4. The minimum absolute atomic E-state index is 0.0798. The number of carbonyl (C=O) groups is 2. The summed E-state index contributed by atoms with van der Waals surface area (Å²) in [6.45, 7) is 4.21. The molecule has 0 aromatic heterocycles. The summed E-state index contributed by atoms with van der Waals surface area (Å²) in [6.07, 6.45) is 0.756. The molecule has 4 rings (SSSR count). The second kappa shape index (κ2) is 9.81. The molecule has 170 valence electrons. The van der Waals surface area contributed by atoms with Crippen molar-refractivity contribution < 1.29 is 18.4 Å². The van der Waals surface area contributed by atoms with Crippen molar-refractivity contribution in [3.63, 3.8) is 0 Å². The Hall–Kier alpha value is -3.74. The zero-order valence-electron chi connectivity index (χ0n) is 18.4. The van der Waals surface area contributed by atoms with Gasteiger partial charge in [0.05, 0.1) is 16.8 Å². The highest BCUT2D eigenvalue weighted by Crippen LogP contribution is 2.25. The first-order valence-electron chi connectivity index (χ1n) is 10.9. The van der Waals surface area contributed by atoms with Crippen LogP contribution in [0.2, 0.25) is 0 Å². The molecule has 1 aliphatic heterocycles. The van der Waals surface area contributed by atoms with Gasteiger partial charge in [0.2, 0.25) is 0 Å². The highest BCUT2D eigenvalue weighted by molar-refractivity contribution is 6.09. The molecule has 1 fully saturated rings. The second-order valence-electron chi connectivity index (χ2n) is 8.04. The number of halogens is 2. The highest BCUT2D eigenvalue weighted by atomic mass is 19.1. The average molecular weight is 450 g/mol. The summed E-state index contributed by atoms with van der Waals surface area (Å²) >= 11 is 0. The van der Waals surface area contributed by atoms with Crippen LogP contribution in [0.3, 0.4) is 0 Å². The molecule has 7 heteroatoms. The number of para-hydroxylation sites is 1. The lowest BCUT2D eigenvalue weighted by molar-refractivity contribution is 0.0768. The van der Waals surface area contributed by atoms with Gasteiger partial charge in [-0.05, 0) is 61.4 Å². The van der Waals surface area contributed by atoms with Crippen LogP contribution >= 0.6 is 0 Å². The fourth-order valence-corrected chi connectivity index (χ4v) is 4.04. The molecule has 0 unspecified atom stereocenters. The first-order chi connectivity index (χ1) is 15.9. The Kier molecular flexibility index (Phi) is 6.68. The van der Waals surface area contributed by atoms with Gasteiger partial charge in [0.1, 0.15) is 11.6 Å². The van der Waals surface area contributed by atoms with Gasteiger partial charge in [-0.1, -0.05) is 24.3 Å². The number of aryl methyl sites for hydroxylation is 1. The van der Waals surface area contributed by atoms with Crippen LogP contribution in [0.1, 0.15) is 32.7 Å². The molecule has 0 radical (unpaired) electrons. The molecule has 5 nitrogen and oxygen atoms in total. The number of rotatable bonds is 4. The maximum absolute atomic E-state index is 14.1. The van der Waals surface area contributed by atoms with E-state index in [2.05, 4.69) is 10.2 Å². The molecule has 1 N–H and O–H groups in total. The number of anilines is 2. The van der Waals surface area contributed by atoms with Gasteiger partial charge in [0.25, 0.3) is 11.8 Å². The topological polar surface area (TPSA) is 52.7 Å². The quantitative estimate of drug-likeness (QED) is 0.618. The first-order valence-corrected chi connectivity index (χ1v) is 10.9. The monoisotopic (exact) mass is 449 g/mol. The molecule has 0 atom stereocenters. The maximum atomic E-state index is 14.1. The molecule has 0 bridgehead atoms. The van der Waals surface area contributed by atoms with E-state index in [1.807, 2.05) is 0 Å². The third-order valence-corrected chi connectivity index (χ3v) is 5.84. The van der Waals surface area contributed by atoms with Crippen molar-refractivity contribution in [2.75, 3.05) is 36.4 Å². The smallest absolute Gasteiger partial charge is 0.258 e. The molecule has 0 saturated carbocycles. The Balaban J connectivity index is 1.52. The highest BCUT2D eigenvalue weighted by Gasteiger charge is 2.24. The summed E-state index contributed by atoms with van der Waals surface area (Å²) in [5.41, 5.74) is 2.31. The summed E-state index contributed by atoms with van der Waals surface area (Å²) in [5.74, 6) is -1.70. The molecule has 1 saturated heterocycles. The van der Waals surface area contributed by atoms with Gasteiger partial charge in [0.15, 0.2) is 0 Å². The summed E-state index contributed by atoms with van der Waals surface area (Å²) < 4.78 is 27.3. The van der Waals surface area contributed by atoms with E-state index >= 15 is 0 Å². The zero-order chi connectivity index (χ0) is 23.4. The van der Waals surface area contributed by atoms with Crippen LogP contribution < -0.4 is 10.2 Å². The van der Waals surface area contributed by atoms with Gasteiger partial charge in [0, 0.05) is 31.9 Å². The summed E-state index contributed by atoms with van der Waals surface area (Å²) in [5, 5.41) is 2.74. The van der Waals surface area contributed by atoms with Gasteiger partial charge in [-0.15, -0.1) is 0 Å². The van der Waals surface area contributed by atoms with E-state index in [0.717, 1.165) is 18.7 Å². The molecular formula is C26H25F2N3O2. The van der Waals surface area contributed by atoms with E-state index in [0.29, 0.717) is 36.4 Å². The number of benzene rings is 3. The van der Waals surface area contributed by atoms with E-state index in [1.54, 1.807) is 48.2 Å². The minimum atomic E-state index is -0.620. The third kappa shape index (κ3) is 5.03. The number of nitrogens with zero attached hydrogens (tertiary/aromatic N) is 2. The Labute approximate surface area is 191 Å². The first kappa shape index (κ1) is 22.5. The molecule has 3 aromatic rings. The molecule has 2 amide bonds. The van der Waals surface area contributed by atoms with Crippen molar-refractivity contribution >= 4 is 23.2 Å². The molecule has 0 aliphatic carbocycles. The Bertz CT molecular complexity index is 1160. The molecular weight excluding hydrogens is 424 g/mol. The van der Waals surface area contributed by atoms with E-state index in [4.69, 9.17) is 0 Å². The predicted octanol–water partition coefficient (Wildman–Crippen LogP) is 4.88. The normalized spacial score (nSPS) is 14.0. The molecule has 3 aromatic carbocycles. The van der Waals surface area contributed by atoms with E-state index in [-0.39, 0.29) is 17.3 Å². The van der Waals surface area contributed by atoms with Crippen LogP contribution in [0.25, 0.3) is 0 Å². The lowest BCUT2D eigenvalue weighted by atomic mass is 10.1. The molecule has 1 aliphatic rings. The van der Waals surface area contributed by atoms with Crippen molar-refractivity contribution in [3.05, 3.63) is 95.1 Å². The largest absolute Gasteiger partial charge is 0.370 e. The van der Waals surface area contributed by atoms with E-state index < -0.39 is 11.7 Å². The Morgan fingerprint density at radius 1 is 0.818 bits per heavy atom. The summed E-state index contributed by atoms with van der Waals surface area (Å²) in [7, 11) is 0. The van der Waals surface area contributed by atoms with Crippen molar-refractivity contribution in [1.82, 2.24) is 4.90 Å². The average Bonchev–Trinajstić information content (AvgIpc) is 3.07. The molecule has 33 heavy (non-hydrogen) atoms. The van der Waals surface area contributed by atoms with Crippen LogP contribution in [0.4, 0.5) is 20.2 Å². The van der Waals surface area contributed by atoms with Gasteiger partial charge in [-0.25, -0.2) is 8.78 Å². The van der Waals surface area contributed by atoms with Crippen molar-refractivity contribution in [2.24, 2.45) is 0 Å². The predicted molar refractivity (Wildman–Crippen MR) is 125 cm³/mol. The molecule has 0 spiro atoms. The number of hydrogen-bond donors (Lipinski definition) is 1. The van der Waals surface area contributed by atoms with Crippen molar-refractivity contribution in [1.29, 1.82) is 0 Å². The fraction of sp³-hybridized carbons (Fsp3) is 0.231. The Morgan fingerprint density at radius 2 is 1.55 bits per heavy atom. The van der Waals surface area contributed by atoms with Crippen molar-refractivity contribution in [3.8, 4) is 0 Å². The number of hydrogen-bond acceptors (Lipinski definition) is 3. The minimum Gasteiger partial charge on any atom is -0.370 e. The summed E-state index contributed by atoms with van der Waals surface area (Å²) in [4.78, 5) is 30.0. The number of carbonyl (C=O) groups excluding carboxylic acids is 2. The second-order valence-corrected chi connectivity index (χ2v) is 8.04. The van der Waals surface area contributed by atoms with Crippen molar-refractivity contribution in [2.45, 2.75) is 13.3 Å². The number of nitrogens with one attached hydrogen (secondary N) is 1. The molecule has 1 heterocycles. The van der Waals surface area contributed by atoms with Crippen LogP contribution in [0.5, 0.6) is 0 Å². The summed E-state index contributed by atoms with van der Waals surface area (Å²) in [6, 6.07) is 17.3. The fourth-order valence-electron chi connectivity index (χ4n) is 4.04. The maximum Gasteiger partial charge on any atom is 0.258 e. The van der Waals surface area contributed by atoms with Gasteiger partial charge >= 0.3 is 0 Å². The van der Waals surface area contributed by atoms with Crippen LogP contribution in [-0.2, 0) is 0 Å². The van der Waals surface area contributed by atoms with E-state index in [1.165, 1.54) is 30.3 Å². The lowest BCUT2D eigenvalue weighted by Crippen LogP contribution is -2.35. The van der Waals surface area contributed by atoms with Gasteiger partial charge < -0.3 is 15.1 Å². The van der Waals surface area contributed by atoms with Gasteiger partial charge in [-0.2, -0.15) is 0 Å². The van der Waals surface area contributed by atoms with Gasteiger partial charge in [-0.3, -0.25) is 9.59 Å². The lowest BCUT2D eigenvalue weighted by Gasteiger charge is -2.24. The van der Waals surface area contributed by atoms with Crippen LogP contribution in [0.15, 0.2) is 66.7 Å². The number of amides is 2. The third-order valence-electron chi connectivity index (χ3n) is 5.84.